The molecule has 0 aliphatic carbocycles. The molecule has 0 bridgehead atoms. The third-order valence-electron chi connectivity index (χ3n) is 0.830. The lowest BCUT2D eigenvalue weighted by Gasteiger charge is -2.19. The van der Waals surface area contributed by atoms with Gasteiger partial charge in [0.15, 0.2) is 0 Å². The van der Waals surface area contributed by atoms with Crippen LogP contribution in [0.3, 0.4) is 0 Å². The lowest BCUT2D eigenvalue weighted by Crippen LogP contribution is -2.32. The largest absolute Gasteiger partial charge is 0.382 e. The fraction of sp³-hybridized carbons (Fsp3) is 0. The smallest absolute Gasteiger partial charge is 0.146 e. The zero-order valence-electron chi connectivity index (χ0n) is 4.44. The van der Waals surface area contributed by atoms with Gasteiger partial charge in [-0.1, -0.05) is 0 Å². The van der Waals surface area contributed by atoms with Gasteiger partial charge in [-0.3, -0.25) is 0 Å². The molecule has 0 saturated heterocycles. The predicted molar refractivity (Wildman–Crippen MR) is 42.7 cm³/mol. The number of rotatable bonds is 0. The zero-order valence-corrected chi connectivity index (χ0v) is 6.23. The molecule has 6 heteroatoms. The average molecular weight is 162 g/mol. The molecule has 0 aromatic rings. The lowest BCUT2D eigenvalue weighted by molar-refractivity contribution is 0.432. The van der Waals surface area contributed by atoms with E-state index in [1.54, 1.807) is 0 Å². The van der Waals surface area contributed by atoms with Crippen LogP contribution in [0.15, 0.2) is 15.8 Å². The van der Waals surface area contributed by atoms with Crippen LogP contribution in [-0.4, -0.2) is 10.6 Å². The maximum absolute atomic E-state index is 5.42. The molecule has 50 valence electrons. The number of allylic oxidation sites excluding steroid dienone is 1. The van der Waals surface area contributed by atoms with Crippen LogP contribution in [0.4, 0.5) is 0 Å². The Kier molecular flexibility index (Phi) is 1.77. The van der Waals surface area contributed by atoms with Crippen LogP contribution in [0.2, 0.25) is 0 Å². The number of hydrogen-bond donors (Lipinski definition) is 4. The van der Waals surface area contributed by atoms with E-state index in [1.807, 2.05) is 0 Å². The van der Waals surface area contributed by atoms with Gasteiger partial charge in [-0.25, -0.2) is 5.53 Å². The highest BCUT2D eigenvalue weighted by Gasteiger charge is 2.06. The van der Waals surface area contributed by atoms with Crippen molar-refractivity contribution in [3.8, 4) is 0 Å². The van der Waals surface area contributed by atoms with E-state index in [4.69, 9.17) is 5.73 Å². The van der Waals surface area contributed by atoms with Gasteiger partial charge in [0.25, 0.3) is 0 Å². The first-order valence-electron chi connectivity index (χ1n) is 2.18. The minimum atomic E-state index is 0.441. The van der Waals surface area contributed by atoms with Crippen molar-refractivity contribution >= 4 is 31.7 Å². The van der Waals surface area contributed by atoms with Crippen LogP contribution in [0.1, 0.15) is 0 Å². The molecule has 1 heterocycles. The Balaban J connectivity index is 2.83. The van der Waals surface area contributed by atoms with Crippen molar-refractivity contribution in [3.05, 3.63) is 10.7 Å². The molecule has 0 fully saturated rings. The lowest BCUT2D eigenvalue weighted by atomic mass is 10.6. The van der Waals surface area contributed by atoms with Crippen molar-refractivity contribution in [1.29, 1.82) is 0 Å². The summed E-state index contributed by atoms with van der Waals surface area (Å²) in [6.07, 6.45) is 1.51. The van der Waals surface area contributed by atoms with Gasteiger partial charge in [0.2, 0.25) is 0 Å². The van der Waals surface area contributed by atoms with Crippen molar-refractivity contribution in [2.45, 2.75) is 0 Å². The highest BCUT2D eigenvalue weighted by Crippen LogP contribution is 2.09. The molecule has 1 rings (SSSR count). The molecule has 1 aliphatic rings. The minimum absolute atomic E-state index is 0.441. The van der Waals surface area contributed by atoms with Gasteiger partial charge >= 0.3 is 0 Å². The summed E-state index contributed by atoms with van der Waals surface area (Å²) in [6, 6.07) is 0. The first-order valence-corrected chi connectivity index (χ1v) is 3.03. The van der Waals surface area contributed by atoms with Gasteiger partial charge < -0.3 is 5.73 Å². The van der Waals surface area contributed by atoms with Crippen LogP contribution in [0.25, 0.3) is 0 Å². The number of hydrogen-bond acceptors (Lipinski definition) is 6. The van der Waals surface area contributed by atoms with Gasteiger partial charge in [0.1, 0.15) is 5.82 Å². The second-order valence-electron chi connectivity index (χ2n) is 1.44. The third kappa shape index (κ3) is 1.25. The van der Waals surface area contributed by atoms with Crippen molar-refractivity contribution < 1.29 is 0 Å². The van der Waals surface area contributed by atoms with Crippen molar-refractivity contribution in [1.82, 2.24) is 9.95 Å². The number of nitrogens with two attached hydrogens (primary N) is 1. The summed E-state index contributed by atoms with van der Waals surface area (Å²) in [5, 5.41) is 3.65. The van der Waals surface area contributed by atoms with E-state index >= 15 is 0 Å². The molecule has 4 nitrogen and oxygen atoms in total. The predicted octanol–water partition coefficient (Wildman–Crippen LogP) is -0.305. The van der Waals surface area contributed by atoms with Gasteiger partial charge in [-0.2, -0.15) is 9.52 Å². The van der Waals surface area contributed by atoms with E-state index in [0.29, 0.717) is 10.7 Å². The van der Waals surface area contributed by atoms with Crippen molar-refractivity contribution in [2.75, 3.05) is 0 Å². The van der Waals surface area contributed by atoms with E-state index in [1.165, 1.54) is 10.6 Å². The summed E-state index contributed by atoms with van der Waals surface area (Å²) >= 11 is 7.88. The molecule has 1 aliphatic heterocycles. The molecule has 0 amide bonds. The molecule has 0 aromatic heterocycles. The molecule has 0 atom stereocenters. The summed E-state index contributed by atoms with van der Waals surface area (Å²) in [6.45, 7) is 0. The summed E-state index contributed by atoms with van der Waals surface area (Å²) in [4.78, 5) is 0.601. The van der Waals surface area contributed by atoms with E-state index in [2.05, 4.69) is 36.1 Å². The van der Waals surface area contributed by atoms with Gasteiger partial charge in [-0.15, -0.1) is 12.6 Å². The molecule has 9 heavy (non-hydrogen) atoms. The summed E-state index contributed by atoms with van der Waals surface area (Å²) in [5.41, 5.74) is 7.92. The molecule has 0 saturated carbocycles. The Labute approximate surface area is 63.7 Å². The molecule has 3 N–H and O–H groups in total. The second kappa shape index (κ2) is 2.40. The van der Waals surface area contributed by atoms with Gasteiger partial charge in [0.05, 0.1) is 11.1 Å². The van der Waals surface area contributed by atoms with E-state index in [0.717, 1.165) is 0 Å². The maximum atomic E-state index is 5.42. The Morgan fingerprint density at radius 1 is 1.78 bits per heavy atom. The SMILES string of the molecule is NC1=C(S)C=NNN1S. The molecule has 0 radical (unpaired) electrons. The van der Waals surface area contributed by atoms with Crippen molar-refractivity contribution in [2.24, 2.45) is 10.8 Å². The first-order chi connectivity index (χ1) is 4.22. The molecular formula is C3H6N4S2. The van der Waals surface area contributed by atoms with E-state index in [-0.39, 0.29) is 0 Å². The standard InChI is InChI=1S/C3H6N4S2/c4-3-2(8)1-5-6-7(3)9/h1,6,8-9H,4H2. The third-order valence-corrected chi connectivity index (χ3v) is 1.48. The van der Waals surface area contributed by atoms with Crippen LogP contribution in [0, 0.1) is 0 Å². The Morgan fingerprint density at radius 2 is 2.44 bits per heavy atom. The Bertz CT molecular complexity index is 175. The first kappa shape index (κ1) is 6.63. The summed E-state index contributed by atoms with van der Waals surface area (Å²) in [7, 11) is 0. The number of hydrazone groups is 1. The monoisotopic (exact) mass is 162 g/mol. The zero-order chi connectivity index (χ0) is 6.85. The number of nitrogens with zero attached hydrogens (tertiary/aromatic N) is 2. The highest BCUT2D eigenvalue weighted by atomic mass is 32.1. The number of thiol groups is 2. The number of hydrazine groups is 1. The topological polar surface area (TPSA) is 53.6 Å². The molecule has 0 spiro atoms. The van der Waals surface area contributed by atoms with Crippen molar-refractivity contribution in [3.63, 3.8) is 0 Å². The maximum Gasteiger partial charge on any atom is 0.146 e. The van der Waals surface area contributed by atoms with E-state index in [9.17, 15) is 0 Å². The highest BCUT2D eigenvalue weighted by molar-refractivity contribution is 7.85. The molecule has 0 unspecified atom stereocenters. The Morgan fingerprint density at radius 3 is 2.89 bits per heavy atom. The van der Waals surface area contributed by atoms with Crippen LogP contribution in [0.5, 0.6) is 0 Å². The van der Waals surface area contributed by atoms with Gasteiger partial charge in [0, 0.05) is 0 Å². The minimum Gasteiger partial charge on any atom is -0.382 e. The Hall–Kier alpha value is -0.490. The summed E-state index contributed by atoms with van der Waals surface area (Å²) in [5.74, 6) is 0.441. The fourth-order valence-corrected chi connectivity index (χ4v) is 0.769. The molecule has 0 aromatic carbocycles. The van der Waals surface area contributed by atoms with Gasteiger partial charge in [-0.05, 0) is 12.8 Å². The van der Waals surface area contributed by atoms with Crippen LogP contribution in [-0.2, 0) is 0 Å². The van der Waals surface area contributed by atoms with Crippen LogP contribution < -0.4 is 11.3 Å². The second-order valence-corrected chi connectivity index (χ2v) is 2.32. The fourth-order valence-electron chi connectivity index (χ4n) is 0.373. The normalized spacial score (nSPS) is 18.2. The quantitative estimate of drug-likeness (QED) is 0.370. The van der Waals surface area contributed by atoms with E-state index < -0.39 is 0 Å². The number of nitrogens with one attached hydrogen (secondary N) is 1. The summed E-state index contributed by atoms with van der Waals surface area (Å²) < 4.78 is 1.28. The average Bonchev–Trinajstić information content (AvgIpc) is 1.83. The van der Waals surface area contributed by atoms with Crippen LogP contribution >= 0.6 is 25.4 Å². The molecular weight excluding hydrogens is 156 g/mol.